The average Bonchev–Trinajstić information content (AvgIpc) is 3.42. The Morgan fingerprint density at radius 3 is 1.04 bits per heavy atom. The third-order valence-electron chi connectivity index (χ3n) is 15.6. The van der Waals surface area contributed by atoms with Gasteiger partial charge in [-0.25, -0.2) is 0 Å². The molecule has 0 heterocycles. The molecule has 3 N–H and O–H groups in total. The van der Waals surface area contributed by atoms with Crippen LogP contribution in [0.15, 0.2) is 48.6 Å². The molecule has 446 valence electrons. The standard InChI is InChI=1S/C70H131NO5/c1-3-5-7-9-11-13-15-16-17-18-30-34-37-40-44-48-52-56-60-64-70(75)76-65-61-57-53-49-45-41-38-35-32-29-27-25-23-21-19-20-22-24-26-28-31-33-36-39-43-47-51-55-59-63-69(74)71-67(66-72)68(73)62-58-54-50-46-42-14-12-10-8-6-4-2/h11,13,16-17,19,21,58,62,67-68,72-73H,3-10,12,14-15,18,20,22-57,59-61,63-66H2,1-2H3,(H,71,74)/b13-11-,17-16-,21-19-,62-58+. The highest BCUT2D eigenvalue weighted by Crippen LogP contribution is 2.17. The van der Waals surface area contributed by atoms with Gasteiger partial charge in [0.15, 0.2) is 0 Å². The number of hydrogen-bond acceptors (Lipinski definition) is 5. The molecule has 0 saturated heterocycles. The molecule has 0 aliphatic rings. The lowest BCUT2D eigenvalue weighted by molar-refractivity contribution is -0.143. The second-order valence-electron chi connectivity index (χ2n) is 23.1. The number of amides is 1. The summed E-state index contributed by atoms with van der Waals surface area (Å²) in [7, 11) is 0. The van der Waals surface area contributed by atoms with E-state index in [2.05, 4.69) is 55.6 Å². The highest BCUT2D eigenvalue weighted by Gasteiger charge is 2.18. The lowest BCUT2D eigenvalue weighted by Gasteiger charge is -2.20. The van der Waals surface area contributed by atoms with Crippen LogP contribution in [0.4, 0.5) is 0 Å². The molecule has 0 rings (SSSR count). The van der Waals surface area contributed by atoms with Gasteiger partial charge in [-0.1, -0.05) is 306 Å². The van der Waals surface area contributed by atoms with Crippen LogP contribution in [-0.4, -0.2) is 47.4 Å². The molecule has 0 saturated carbocycles. The SMILES string of the molecule is CCCCC/C=C\C/C=C\CCCCCCCCCCCC(=O)OCCCCCCCCCCCCCC/C=C\CCCCCCCCCCCCCCCC(=O)NC(CO)C(O)/C=C/CCCCCCCCCCC. The third kappa shape index (κ3) is 61.0. The number of allylic oxidation sites excluding steroid dienone is 7. The largest absolute Gasteiger partial charge is 0.466 e. The first kappa shape index (κ1) is 73.8. The van der Waals surface area contributed by atoms with Crippen LogP contribution in [0, 0.1) is 0 Å². The van der Waals surface area contributed by atoms with Crippen LogP contribution in [0.2, 0.25) is 0 Å². The molecule has 2 atom stereocenters. The average molecular weight is 1070 g/mol. The predicted octanol–water partition coefficient (Wildman–Crippen LogP) is 21.7. The number of carbonyl (C=O) groups excluding carboxylic acids is 2. The number of unbranched alkanes of at least 4 members (excludes halogenated alkanes) is 46. The number of carbonyl (C=O) groups is 2. The summed E-state index contributed by atoms with van der Waals surface area (Å²) in [6.07, 6.45) is 84.7. The fourth-order valence-electron chi connectivity index (χ4n) is 10.4. The van der Waals surface area contributed by atoms with Crippen molar-refractivity contribution < 1.29 is 24.5 Å². The van der Waals surface area contributed by atoms with E-state index in [0.29, 0.717) is 19.4 Å². The van der Waals surface area contributed by atoms with E-state index in [1.54, 1.807) is 6.08 Å². The summed E-state index contributed by atoms with van der Waals surface area (Å²) in [5, 5.41) is 23.0. The van der Waals surface area contributed by atoms with E-state index < -0.39 is 12.1 Å². The minimum Gasteiger partial charge on any atom is -0.466 e. The van der Waals surface area contributed by atoms with Gasteiger partial charge in [0, 0.05) is 12.8 Å². The van der Waals surface area contributed by atoms with Crippen molar-refractivity contribution in [2.75, 3.05) is 13.2 Å². The van der Waals surface area contributed by atoms with Crippen LogP contribution < -0.4 is 5.32 Å². The molecular formula is C70H131NO5. The van der Waals surface area contributed by atoms with Crippen molar-refractivity contribution in [1.29, 1.82) is 0 Å². The second-order valence-corrected chi connectivity index (χ2v) is 23.1. The Morgan fingerprint density at radius 2 is 0.658 bits per heavy atom. The van der Waals surface area contributed by atoms with Crippen LogP contribution >= 0.6 is 0 Å². The fraction of sp³-hybridized carbons (Fsp3) is 0.857. The minimum absolute atomic E-state index is 0.0123. The summed E-state index contributed by atoms with van der Waals surface area (Å²) < 4.78 is 5.50. The maximum atomic E-state index is 12.4. The van der Waals surface area contributed by atoms with Crippen molar-refractivity contribution in [3.63, 3.8) is 0 Å². The van der Waals surface area contributed by atoms with Gasteiger partial charge in [0.25, 0.3) is 0 Å². The Labute approximate surface area is 474 Å². The van der Waals surface area contributed by atoms with Gasteiger partial charge >= 0.3 is 5.97 Å². The smallest absolute Gasteiger partial charge is 0.305 e. The molecule has 0 radical (unpaired) electrons. The van der Waals surface area contributed by atoms with Gasteiger partial charge in [0.05, 0.1) is 25.4 Å². The third-order valence-corrected chi connectivity index (χ3v) is 15.6. The van der Waals surface area contributed by atoms with Crippen LogP contribution in [0.3, 0.4) is 0 Å². The predicted molar refractivity (Wildman–Crippen MR) is 333 cm³/mol. The first-order valence-corrected chi connectivity index (χ1v) is 33.9. The van der Waals surface area contributed by atoms with Gasteiger partial charge in [-0.15, -0.1) is 0 Å². The number of esters is 1. The van der Waals surface area contributed by atoms with E-state index in [1.807, 2.05) is 6.08 Å². The highest BCUT2D eigenvalue weighted by atomic mass is 16.5. The Bertz CT molecular complexity index is 1270. The van der Waals surface area contributed by atoms with Gasteiger partial charge in [0.1, 0.15) is 0 Å². The summed E-state index contributed by atoms with van der Waals surface area (Å²) in [4.78, 5) is 24.5. The lowest BCUT2D eigenvalue weighted by atomic mass is 10.0. The van der Waals surface area contributed by atoms with E-state index in [0.717, 1.165) is 51.4 Å². The highest BCUT2D eigenvalue weighted by molar-refractivity contribution is 5.76. The molecule has 0 aromatic carbocycles. The Morgan fingerprint density at radius 1 is 0.368 bits per heavy atom. The molecule has 0 aliphatic heterocycles. The maximum absolute atomic E-state index is 12.4. The number of aliphatic hydroxyl groups is 2. The molecular weight excluding hydrogens is 935 g/mol. The summed E-state index contributed by atoms with van der Waals surface area (Å²) in [5.74, 6) is -0.0555. The summed E-state index contributed by atoms with van der Waals surface area (Å²) >= 11 is 0. The van der Waals surface area contributed by atoms with Gasteiger partial charge < -0.3 is 20.3 Å². The minimum atomic E-state index is -0.843. The molecule has 76 heavy (non-hydrogen) atoms. The molecule has 0 fully saturated rings. The lowest BCUT2D eigenvalue weighted by Crippen LogP contribution is -2.45. The van der Waals surface area contributed by atoms with Gasteiger partial charge in [0.2, 0.25) is 5.91 Å². The fourth-order valence-corrected chi connectivity index (χ4v) is 10.4. The number of hydrogen-bond donors (Lipinski definition) is 3. The molecule has 0 spiro atoms. The number of rotatable bonds is 63. The molecule has 0 bridgehead atoms. The van der Waals surface area contributed by atoms with E-state index in [9.17, 15) is 19.8 Å². The van der Waals surface area contributed by atoms with Crippen molar-refractivity contribution in [3.05, 3.63) is 48.6 Å². The molecule has 0 aromatic heterocycles. The van der Waals surface area contributed by atoms with E-state index in [-0.39, 0.29) is 18.5 Å². The van der Waals surface area contributed by atoms with E-state index in [1.165, 1.54) is 283 Å². The monoisotopic (exact) mass is 1070 g/mol. The zero-order valence-electron chi connectivity index (χ0n) is 51.0. The normalized spacial score (nSPS) is 12.8. The van der Waals surface area contributed by atoms with Gasteiger partial charge in [-0.05, 0) is 89.9 Å². The van der Waals surface area contributed by atoms with E-state index >= 15 is 0 Å². The molecule has 6 heteroatoms. The quantitative estimate of drug-likeness (QED) is 0.0320. The number of nitrogens with one attached hydrogen (secondary N) is 1. The van der Waals surface area contributed by atoms with Crippen molar-refractivity contribution in [1.82, 2.24) is 5.32 Å². The molecule has 0 aromatic rings. The molecule has 6 nitrogen and oxygen atoms in total. The Hall–Kier alpha value is -2.18. The van der Waals surface area contributed by atoms with Gasteiger partial charge in [-0.3, -0.25) is 9.59 Å². The first-order valence-electron chi connectivity index (χ1n) is 33.9. The zero-order chi connectivity index (χ0) is 55.0. The molecule has 1 amide bonds. The summed E-state index contributed by atoms with van der Waals surface area (Å²) in [6, 6.07) is -0.626. The van der Waals surface area contributed by atoms with Crippen molar-refractivity contribution in [2.24, 2.45) is 0 Å². The topological polar surface area (TPSA) is 95.9 Å². The Kier molecular flexibility index (Phi) is 63.5. The van der Waals surface area contributed by atoms with E-state index in [4.69, 9.17) is 4.74 Å². The van der Waals surface area contributed by atoms with Crippen LogP contribution in [0.25, 0.3) is 0 Å². The van der Waals surface area contributed by atoms with Crippen LogP contribution in [0.5, 0.6) is 0 Å². The van der Waals surface area contributed by atoms with Crippen molar-refractivity contribution >= 4 is 11.9 Å². The number of ether oxygens (including phenoxy) is 1. The summed E-state index contributed by atoms with van der Waals surface area (Å²) in [5.41, 5.74) is 0. The first-order chi connectivity index (χ1) is 37.5. The summed E-state index contributed by atoms with van der Waals surface area (Å²) in [6.45, 7) is 4.88. The maximum Gasteiger partial charge on any atom is 0.305 e. The second kappa shape index (κ2) is 65.3. The zero-order valence-corrected chi connectivity index (χ0v) is 51.0. The van der Waals surface area contributed by atoms with Gasteiger partial charge in [-0.2, -0.15) is 0 Å². The Balaban J connectivity index is 3.36. The van der Waals surface area contributed by atoms with Crippen LogP contribution in [0.1, 0.15) is 361 Å². The van der Waals surface area contributed by atoms with Crippen molar-refractivity contribution in [3.8, 4) is 0 Å². The molecule has 0 aliphatic carbocycles. The molecule has 2 unspecified atom stereocenters. The number of aliphatic hydroxyl groups excluding tert-OH is 2. The van der Waals surface area contributed by atoms with Crippen LogP contribution in [-0.2, 0) is 14.3 Å². The van der Waals surface area contributed by atoms with Crippen molar-refractivity contribution in [2.45, 2.75) is 373 Å².